The lowest BCUT2D eigenvalue weighted by molar-refractivity contribution is 0.0985. The second kappa shape index (κ2) is 14.2. The van der Waals surface area contributed by atoms with E-state index in [1.807, 2.05) is 59.5 Å². The Balaban J connectivity index is 1.23. The Morgan fingerprint density at radius 1 is 0.886 bits per heavy atom. The van der Waals surface area contributed by atoms with E-state index in [0.717, 1.165) is 75.2 Å². The van der Waals surface area contributed by atoms with E-state index < -0.39 is 0 Å². The van der Waals surface area contributed by atoms with E-state index in [0.29, 0.717) is 35.7 Å². The average Bonchev–Trinajstić information content (AvgIpc) is 3.43. The van der Waals surface area contributed by atoms with Gasteiger partial charge >= 0.3 is 0 Å². The summed E-state index contributed by atoms with van der Waals surface area (Å²) in [5.74, 6) is 0.252. The number of aryl methyl sites for hydroxylation is 1. The van der Waals surface area contributed by atoms with Crippen LogP contribution in [0.25, 0.3) is 11.1 Å². The summed E-state index contributed by atoms with van der Waals surface area (Å²) in [6.07, 6.45) is 3.91. The molecule has 0 saturated carbocycles. The van der Waals surface area contributed by atoms with E-state index in [1.54, 1.807) is 29.5 Å². The van der Waals surface area contributed by atoms with E-state index in [1.165, 1.54) is 4.88 Å². The van der Waals surface area contributed by atoms with Crippen LogP contribution in [0.2, 0.25) is 0 Å². The zero-order valence-electron chi connectivity index (χ0n) is 25.3. The fourth-order valence-electron chi connectivity index (χ4n) is 5.96. The molecule has 0 radical (unpaired) electrons. The highest BCUT2D eigenvalue weighted by Gasteiger charge is 2.25. The van der Waals surface area contributed by atoms with Crippen LogP contribution >= 0.6 is 11.3 Å². The van der Waals surface area contributed by atoms with Crippen molar-refractivity contribution in [1.29, 1.82) is 0 Å². The van der Waals surface area contributed by atoms with Gasteiger partial charge in [0.25, 0.3) is 11.8 Å². The SMILES string of the molecule is CN1CCN(CCCOc2cc(C(=O)N3CCCCc4sccc43)ccc2NC(=O)c2ccccc2-c2ccccc2)CC1. The van der Waals surface area contributed by atoms with E-state index in [2.05, 4.69) is 33.6 Å². The van der Waals surface area contributed by atoms with Gasteiger partial charge in [-0.2, -0.15) is 0 Å². The molecule has 3 heterocycles. The summed E-state index contributed by atoms with van der Waals surface area (Å²) < 4.78 is 6.34. The zero-order chi connectivity index (χ0) is 30.3. The van der Waals surface area contributed by atoms with Crippen LogP contribution in [0.3, 0.4) is 0 Å². The molecule has 0 unspecified atom stereocenters. The molecule has 0 bridgehead atoms. The van der Waals surface area contributed by atoms with Crippen molar-refractivity contribution in [3.63, 3.8) is 0 Å². The molecule has 7 nitrogen and oxygen atoms in total. The minimum absolute atomic E-state index is 0.0406. The van der Waals surface area contributed by atoms with Gasteiger partial charge in [0.2, 0.25) is 0 Å². The summed E-state index contributed by atoms with van der Waals surface area (Å²) in [5.41, 5.74) is 4.54. The molecule has 44 heavy (non-hydrogen) atoms. The van der Waals surface area contributed by atoms with Gasteiger partial charge in [-0.1, -0.05) is 48.5 Å². The molecule has 1 N–H and O–H groups in total. The Morgan fingerprint density at radius 2 is 1.68 bits per heavy atom. The molecule has 6 rings (SSSR count). The number of nitrogens with zero attached hydrogens (tertiary/aromatic N) is 3. The lowest BCUT2D eigenvalue weighted by Crippen LogP contribution is -2.44. The van der Waals surface area contributed by atoms with Gasteiger partial charge in [-0.3, -0.25) is 9.59 Å². The first kappa shape index (κ1) is 30.1. The van der Waals surface area contributed by atoms with Gasteiger partial charge in [0.15, 0.2) is 0 Å². The fraction of sp³-hybridized carbons (Fsp3) is 0.333. The standard InChI is InChI=1S/C36H40N4O3S/c1-38-20-22-39(23-21-38)18-9-24-43-33-26-28(36(42)40-19-8-7-14-34-32(40)17-25-44-34)15-16-31(33)37-35(41)30-13-6-5-12-29(30)27-10-3-2-4-11-27/h2-6,10-13,15-17,25-26H,7-9,14,18-24H2,1H3,(H,37,41). The average molecular weight is 609 g/mol. The van der Waals surface area contributed by atoms with Gasteiger partial charge in [-0.05, 0) is 79.6 Å². The maximum absolute atomic E-state index is 13.9. The Hall–Kier alpha value is -3.98. The van der Waals surface area contributed by atoms with Crippen molar-refractivity contribution in [2.45, 2.75) is 25.7 Å². The maximum atomic E-state index is 13.9. The third-order valence-corrected chi connectivity index (χ3v) is 9.47. The van der Waals surface area contributed by atoms with Crippen LogP contribution in [-0.4, -0.2) is 74.5 Å². The van der Waals surface area contributed by atoms with E-state index in [9.17, 15) is 9.59 Å². The number of carbonyl (C=O) groups excluding carboxylic acids is 2. The molecular formula is C36H40N4O3S. The number of carbonyl (C=O) groups is 2. The first-order chi connectivity index (χ1) is 21.6. The summed E-state index contributed by atoms with van der Waals surface area (Å²) in [4.78, 5) is 35.5. The summed E-state index contributed by atoms with van der Waals surface area (Å²) in [7, 11) is 2.16. The summed E-state index contributed by atoms with van der Waals surface area (Å²) in [6, 6.07) is 25.0. The third kappa shape index (κ3) is 7.04. The number of thiophene rings is 1. The molecule has 0 spiro atoms. The third-order valence-electron chi connectivity index (χ3n) is 8.50. The van der Waals surface area contributed by atoms with Crippen LogP contribution in [-0.2, 0) is 6.42 Å². The van der Waals surface area contributed by atoms with E-state index in [-0.39, 0.29) is 11.8 Å². The topological polar surface area (TPSA) is 65.1 Å². The number of hydrogen-bond donors (Lipinski definition) is 1. The molecule has 0 atom stereocenters. The maximum Gasteiger partial charge on any atom is 0.258 e. The second-order valence-corrected chi connectivity index (χ2v) is 12.6. The molecule has 1 fully saturated rings. The normalized spacial score (nSPS) is 15.8. The van der Waals surface area contributed by atoms with Crippen molar-refractivity contribution in [2.75, 3.05) is 63.1 Å². The van der Waals surface area contributed by atoms with Crippen LogP contribution in [0.4, 0.5) is 11.4 Å². The van der Waals surface area contributed by atoms with Crippen LogP contribution in [0.5, 0.6) is 5.75 Å². The van der Waals surface area contributed by atoms with Crippen LogP contribution < -0.4 is 15.0 Å². The Kier molecular flexibility index (Phi) is 9.70. The molecule has 8 heteroatoms. The number of hydrogen-bond acceptors (Lipinski definition) is 6. The molecule has 1 saturated heterocycles. The minimum atomic E-state index is -0.221. The molecule has 228 valence electrons. The molecule has 1 aromatic heterocycles. The number of anilines is 2. The van der Waals surface area contributed by atoms with Gasteiger partial charge in [0, 0.05) is 55.3 Å². The van der Waals surface area contributed by atoms with Crippen molar-refractivity contribution >= 4 is 34.5 Å². The van der Waals surface area contributed by atoms with Crippen molar-refractivity contribution in [2.24, 2.45) is 0 Å². The van der Waals surface area contributed by atoms with Crippen LogP contribution in [0, 0.1) is 0 Å². The molecular weight excluding hydrogens is 568 g/mol. The van der Waals surface area contributed by atoms with Gasteiger partial charge in [0.05, 0.1) is 18.0 Å². The second-order valence-electron chi connectivity index (χ2n) is 11.6. The van der Waals surface area contributed by atoms with Crippen molar-refractivity contribution in [3.8, 4) is 16.9 Å². The number of benzene rings is 3. The van der Waals surface area contributed by atoms with Gasteiger partial charge < -0.3 is 24.8 Å². The lowest BCUT2D eigenvalue weighted by atomic mass is 9.99. The smallest absolute Gasteiger partial charge is 0.258 e. The molecule has 4 aromatic rings. The highest BCUT2D eigenvalue weighted by atomic mass is 32.1. The van der Waals surface area contributed by atoms with Gasteiger partial charge in [0.1, 0.15) is 5.75 Å². The highest BCUT2D eigenvalue weighted by Crippen LogP contribution is 2.34. The van der Waals surface area contributed by atoms with Crippen molar-refractivity contribution in [1.82, 2.24) is 9.80 Å². The predicted octanol–water partition coefficient (Wildman–Crippen LogP) is 6.67. The molecule has 3 aromatic carbocycles. The zero-order valence-corrected chi connectivity index (χ0v) is 26.2. The number of amides is 2. The number of fused-ring (bicyclic) bond motifs is 1. The summed E-state index contributed by atoms with van der Waals surface area (Å²) >= 11 is 1.72. The van der Waals surface area contributed by atoms with Gasteiger partial charge in [-0.15, -0.1) is 11.3 Å². The monoisotopic (exact) mass is 608 g/mol. The Labute approximate surface area is 264 Å². The summed E-state index contributed by atoms with van der Waals surface area (Å²) in [5, 5.41) is 5.16. The molecule has 2 aliphatic rings. The number of nitrogens with one attached hydrogen (secondary N) is 1. The summed E-state index contributed by atoms with van der Waals surface area (Å²) in [6.45, 7) is 6.41. The van der Waals surface area contributed by atoms with Gasteiger partial charge in [-0.25, -0.2) is 0 Å². The fourth-order valence-corrected chi connectivity index (χ4v) is 6.89. The van der Waals surface area contributed by atoms with Crippen molar-refractivity contribution < 1.29 is 14.3 Å². The van der Waals surface area contributed by atoms with E-state index >= 15 is 0 Å². The Bertz CT molecular complexity index is 1580. The largest absolute Gasteiger partial charge is 0.491 e. The number of likely N-dealkylation sites (N-methyl/N-ethyl adjacent to an activating group) is 1. The molecule has 0 aliphatic carbocycles. The first-order valence-corrected chi connectivity index (χ1v) is 16.5. The number of rotatable bonds is 9. The highest BCUT2D eigenvalue weighted by molar-refractivity contribution is 7.10. The number of piperazine rings is 1. The lowest BCUT2D eigenvalue weighted by Gasteiger charge is -2.32. The van der Waals surface area contributed by atoms with Crippen molar-refractivity contribution in [3.05, 3.63) is 100 Å². The minimum Gasteiger partial charge on any atom is -0.491 e. The number of ether oxygens (including phenoxy) is 1. The predicted molar refractivity (Wildman–Crippen MR) is 179 cm³/mol. The van der Waals surface area contributed by atoms with Crippen LogP contribution in [0.1, 0.15) is 44.9 Å². The molecule has 2 aliphatic heterocycles. The Morgan fingerprint density at radius 3 is 2.52 bits per heavy atom. The van der Waals surface area contributed by atoms with E-state index in [4.69, 9.17) is 4.74 Å². The first-order valence-electron chi connectivity index (χ1n) is 15.6. The quantitative estimate of drug-likeness (QED) is 0.215. The molecule has 2 amide bonds. The van der Waals surface area contributed by atoms with Crippen LogP contribution in [0.15, 0.2) is 84.2 Å².